The third-order valence-electron chi connectivity index (χ3n) is 2.78. The summed E-state index contributed by atoms with van der Waals surface area (Å²) in [6.45, 7) is -2.18. The van der Waals surface area contributed by atoms with E-state index in [2.05, 4.69) is 20.4 Å². The topological polar surface area (TPSA) is 63.2 Å². The number of rotatable bonds is 6. The van der Waals surface area contributed by atoms with E-state index in [1.165, 1.54) is 12.1 Å². The van der Waals surface area contributed by atoms with E-state index in [4.69, 9.17) is 0 Å². The zero-order chi connectivity index (χ0) is 15.8. The van der Waals surface area contributed by atoms with E-state index in [1.807, 2.05) is 6.07 Å². The second kappa shape index (κ2) is 7.92. The van der Waals surface area contributed by atoms with Gasteiger partial charge >= 0.3 is 12.6 Å². The molecule has 22 heavy (non-hydrogen) atoms. The summed E-state index contributed by atoms with van der Waals surface area (Å²) in [6, 6.07) is 9.40. The number of alkyl halides is 2. The van der Waals surface area contributed by atoms with Crippen LogP contribution in [0.15, 0.2) is 48.8 Å². The molecule has 2 N–H and O–H groups in total. The van der Waals surface area contributed by atoms with Gasteiger partial charge in [0.2, 0.25) is 0 Å². The molecule has 0 saturated heterocycles. The van der Waals surface area contributed by atoms with Crippen LogP contribution in [0.2, 0.25) is 0 Å². The minimum absolute atomic E-state index is 0.0831. The van der Waals surface area contributed by atoms with Gasteiger partial charge in [-0.3, -0.25) is 4.98 Å². The van der Waals surface area contributed by atoms with Crippen molar-refractivity contribution in [1.82, 2.24) is 15.6 Å². The minimum atomic E-state index is -2.85. The van der Waals surface area contributed by atoms with Gasteiger partial charge in [-0.05, 0) is 29.3 Å². The van der Waals surface area contributed by atoms with Gasteiger partial charge in [0.25, 0.3) is 0 Å². The van der Waals surface area contributed by atoms with Crippen LogP contribution in [0.5, 0.6) is 5.75 Å². The maximum Gasteiger partial charge on any atom is 0.387 e. The lowest BCUT2D eigenvalue weighted by atomic mass is 10.2. The van der Waals surface area contributed by atoms with E-state index in [0.29, 0.717) is 6.54 Å². The smallest absolute Gasteiger partial charge is 0.387 e. The van der Waals surface area contributed by atoms with Crippen molar-refractivity contribution in [1.29, 1.82) is 0 Å². The van der Waals surface area contributed by atoms with E-state index in [9.17, 15) is 13.6 Å². The number of hydrogen-bond donors (Lipinski definition) is 2. The number of nitrogens with zero attached hydrogens (tertiary/aromatic N) is 1. The SMILES string of the molecule is O=C(NCc1ccc(OC(F)F)cc1)NCc1cccnc1. The Morgan fingerprint density at radius 1 is 1.09 bits per heavy atom. The summed E-state index contributed by atoms with van der Waals surface area (Å²) in [6.07, 6.45) is 3.33. The van der Waals surface area contributed by atoms with E-state index < -0.39 is 6.61 Å². The first-order chi connectivity index (χ1) is 10.6. The number of pyridine rings is 1. The molecule has 116 valence electrons. The molecule has 0 radical (unpaired) electrons. The lowest BCUT2D eigenvalue weighted by Crippen LogP contribution is -2.34. The van der Waals surface area contributed by atoms with Crippen LogP contribution in [-0.2, 0) is 13.1 Å². The van der Waals surface area contributed by atoms with Crippen LogP contribution in [0.25, 0.3) is 0 Å². The zero-order valence-electron chi connectivity index (χ0n) is 11.6. The number of carbonyl (C=O) groups excluding carboxylic acids is 1. The molecule has 2 rings (SSSR count). The Hall–Kier alpha value is -2.70. The summed E-state index contributed by atoms with van der Waals surface area (Å²) < 4.78 is 28.3. The fourth-order valence-corrected chi connectivity index (χ4v) is 1.72. The normalized spacial score (nSPS) is 10.3. The number of ether oxygens (including phenoxy) is 1. The van der Waals surface area contributed by atoms with Gasteiger partial charge in [0.1, 0.15) is 5.75 Å². The third-order valence-corrected chi connectivity index (χ3v) is 2.78. The lowest BCUT2D eigenvalue weighted by Gasteiger charge is -2.08. The summed E-state index contributed by atoms with van der Waals surface area (Å²) in [4.78, 5) is 15.6. The number of urea groups is 1. The van der Waals surface area contributed by atoms with Crippen molar-refractivity contribution in [2.24, 2.45) is 0 Å². The summed E-state index contributed by atoms with van der Waals surface area (Å²) in [5.74, 6) is 0.0831. The maximum atomic E-state index is 12.0. The second-order valence-electron chi connectivity index (χ2n) is 4.42. The standard InChI is InChI=1S/C15H15F2N3O2/c16-14(17)22-13-5-3-11(4-6-13)9-19-15(21)20-10-12-2-1-7-18-8-12/h1-8,14H,9-10H2,(H2,19,20,21). The summed E-state index contributed by atoms with van der Waals surface area (Å²) in [7, 11) is 0. The number of aromatic nitrogens is 1. The molecule has 2 aromatic rings. The van der Waals surface area contributed by atoms with Crippen molar-refractivity contribution in [2.75, 3.05) is 0 Å². The Kier molecular flexibility index (Phi) is 5.65. The van der Waals surface area contributed by atoms with Crippen LogP contribution in [0.1, 0.15) is 11.1 Å². The average molecular weight is 307 g/mol. The van der Waals surface area contributed by atoms with E-state index in [-0.39, 0.29) is 18.3 Å². The summed E-state index contributed by atoms with van der Waals surface area (Å²) in [5, 5.41) is 5.36. The van der Waals surface area contributed by atoms with Crippen molar-refractivity contribution in [3.05, 3.63) is 59.9 Å². The van der Waals surface area contributed by atoms with Crippen LogP contribution < -0.4 is 15.4 Å². The van der Waals surface area contributed by atoms with E-state index in [0.717, 1.165) is 11.1 Å². The Morgan fingerprint density at radius 2 is 1.77 bits per heavy atom. The largest absolute Gasteiger partial charge is 0.435 e. The van der Waals surface area contributed by atoms with Gasteiger partial charge in [0.05, 0.1) is 0 Å². The number of hydrogen-bond acceptors (Lipinski definition) is 3. The van der Waals surface area contributed by atoms with Crippen LogP contribution in [0.3, 0.4) is 0 Å². The van der Waals surface area contributed by atoms with Crippen LogP contribution >= 0.6 is 0 Å². The molecular weight excluding hydrogens is 292 g/mol. The van der Waals surface area contributed by atoms with Gasteiger partial charge in [-0.2, -0.15) is 8.78 Å². The molecule has 0 atom stereocenters. The number of carbonyl (C=O) groups is 1. The molecule has 5 nitrogen and oxygen atoms in total. The Bertz CT molecular complexity index is 591. The van der Waals surface area contributed by atoms with Crippen LogP contribution in [-0.4, -0.2) is 17.6 Å². The highest BCUT2D eigenvalue weighted by atomic mass is 19.3. The monoisotopic (exact) mass is 307 g/mol. The van der Waals surface area contributed by atoms with Gasteiger partial charge in [0.15, 0.2) is 0 Å². The van der Waals surface area contributed by atoms with Gasteiger partial charge in [-0.25, -0.2) is 4.79 Å². The molecule has 0 spiro atoms. The molecule has 2 amide bonds. The first-order valence-electron chi connectivity index (χ1n) is 6.58. The Labute approximate surface area is 126 Å². The Balaban J connectivity index is 1.74. The highest BCUT2D eigenvalue weighted by molar-refractivity contribution is 5.73. The lowest BCUT2D eigenvalue weighted by molar-refractivity contribution is -0.0498. The predicted molar refractivity (Wildman–Crippen MR) is 76.4 cm³/mol. The first-order valence-corrected chi connectivity index (χ1v) is 6.58. The molecule has 0 fully saturated rings. The highest BCUT2D eigenvalue weighted by Crippen LogP contribution is 2.14. The van der Waals surface area contributed by atoms with Crippen molar-refractivity contribution < 1.29 is 18.3 Å². The summed E-state index contributed by atoms with van der Waals surface area (Å²) in [5.41, 5.74) is 1.67. The van der Waals surface area contributed by atoms with Gasteiger partial charge < -0.3 is 15.4 Å². The predicted octanol–water partition coefficient (Wildman–Crippen LogP) is 2.68. The fraction of sp³-hybridized carbons (Fsp3) is 0.200. The number of amides is 2. The minimum Gasteiger partial charge on any atom is -0.435 e. The summed E-state index contributed by atoms with van der Waals surface area (Å²) >= 11 is 0. The number of halogens is 2. The molecule has 0 aliphatic rings. The highest BCUT2D eigenvalue weighted by Gasteiger charge is 2.04. The van der Waals surface area contributed by atoms with Crippen molar-refractivity contribution in [3.63, 3.8) is 0 Å². The van der Waals surface area contributed by atoms with Crippen molar-refractivity contribution in [3.8, 4) is 5.75 Å². The molecule has 7 heteroatoms. The molecule has 0 unspecified atom stereocenters. The molecule has 0 aliphatic heterocycles. The van der Waals surface area contributed by atoms with Crippen molar-refractivity contribution in [2.45, 2.75) is 19.7 Å². The van der Waals surface area contributed by atoms with E-state index in [1.54, 1.807) is 30.6 Å². The fourth-order valence-electron chi connectivity index (χ4n) is 1.72. The van der Waals surface area contributed by atoms with Gasteiger partial charge in [-0.15, -0.1) is 0 Å². The molecule has 0 bridgehead atoms. The second-order valence-corrected chi connectivity index (χ2v) is 4.42. The zero-order valence-corrected chi connectivity index (χ0v) is 11.6. The quantitative estimate of drug-likeness (QED) is 0.862. The van der Waals surface area contributed by atoms with Crippen LogP contribution in [0.4, 0.5) is 13.6 Å². The van der Waals surface area contributed by atoms with Gasteiger partial charge in [0, 0.05) is 25.5 Å². The first kappa shape index (κ1) is 15.7. The van der Waals surface area contributed by atoms with Crippen LogP contribution in [0, 0.1) is 0 Å². The Morgan fingerprint density at radius 3 is 2.36 bits per heavy atom. The maximum absolute atomic E-state index is 12.0. The number of nitrogens with one attached hydrogen (secondary N) is 2. The molecule has 0 saturated carbocycles. The molecule has 1 aromatic carbocycles. The molecular formula is C15H15F2N3O2. The van der Waals surface area contributed by atoms with E-state index >= 15 is 0 Å². The van der Waals surface area contributed by atoms with Crippen molar-refractivity contribution >= 4 is 6.03 Å². The average Bonchev–Trinajstić information content (AvgIpc) is 2.53. The van der Waals surface area contributed by atoms with Gasteiger partial charge in [-0.1, -0.05) is 18.2 Å². The molecule has 0 aliphatic carbocycles. The molecule has 1 aromatic heterocycles. The number of benzene rings is 1. The molecule has 1 heterocycles. The third kappa shape index (κ3) is 5.35.